The molecule has 0 amide bonds. The van der Waals surface area contributed by atoms with Gasteiger partial charge in [0.15, 0.2) is 0 Å². The van der Waals surface area contributed by atoms with Crippen LogP contribution < -0.4 is 5.59 Å². The van der Waals surface area contributed by atoms with Gasteiger partial charge >= 0.3 is 7.12 Å². The highest BCUT2D eigenvalue weighted by Crippen LogP contribution is 2.36. The molecule has 0 aromatic carbocycles. The first-order chi connectivity index (χ1) is 7.73. The van der Waals surface area contributed by atoms with Gasteiger partial charge in [0.25, 0.3) is 0 Å². The van der Waals surface area contributed by atoms with Gasteiger partial charge < -0.3 is 9.31 Å². The molecule has 0 radical (unpaired) electrons. The summed E-state index contributed by atoms with van der Waals surface area (Å²) in [6.45, 7) is 7.74. The monoisotopic (exact) mass is 257 g/mol. The number of hydrogen-bond acceptors (Lipinski definition) is 3. The van der Waals surface area contributed by atoms with Crippen LogP contribution in [0, 0.1) is 5.82 Å². The smallest absolute Gasteiger partial charge is 0.398 e. The second-order valence-electron chi connectivity index (χ2n) is 5.11. The van der Waals surface area contributed by atoms with Crippen LogP contribution in [0.4, 0.5) is 4.39 Å². The third-order valence-electron chi connectivity index (χ3n) is 3.31. The SMILES string of the molecule is CC1(C)OB(c2ncc(F)cc2Cl)OC1(C)C. The number of halogens is 2. The molecule has 0 saturated carbocycles. The van der Waals surface area contributed by atoms with Crippen LogP contribution in [0.25, 0.3) is 0 Å². The lowest BCUT2D eigenvalue weighted by Gasteiger charge is -2.32. The molecule has 3 nitrogen and oxygen atoms in total. The topological polar surface area (TPSA) is 31.4 Å². The maximum Gasteiger partial charge on any atom is 0.516 e. The summed E-state index contributed by atoms with van der Waals surface area (Å²) in [7, 11) is -0.659. The zero-order valence-electron chi connectivity index (χ0n) is 10.3. The Labute approximate surface area is 105 Å². The van der Waals surface area contributed by atoms with E-state index in [1.54, 1.807) is 0 Å². The summed E-state index contributed by atoms with van der Waals surface area (Å²) < 4.78 is 24.5. The summed E-state index contributed by atoms with van der Waals surface area (Å²) in [5, 5.41) is 0.212. The standard InChI is InChI=1S/C11H14BClFNO2/c1-10(2)11(3,4)17-12(16-10)9-8(13)5-7(14)6-15-9/h5-6H,1-4H3. The zero-order chi connectivity index (χ0) is 12.8. The van der Waals surface area contributed by atoms with Crippen molar-refractivity contribution < 1.29 is 13.7 Å². The lowest BCUT2D eigenvalue weighted by atomic mass is 9.84. The van der Waals surface area contributed by atoms with Crippen molar-refractivity contribution in [3.63, 3.8) is 0 Å². The predicted molar refractivity (Wildman–Crippen MR) is 64.9 cm³/mol. The van der Waals surface area contributed by atoms with E-state index in [1.807, 2.05) is 27.7 Å². The van der Waals surface area contributed by atoms with Crippen LogP contribution in [-0.2, 0) is 9.31 Å². The normalized spacial score (nSPS) is 21.9. The van der Waals surface area contributed by atoms with Crippen LogP contribution in [0.1, 0.15) is 27.7 Å². The lowest BCUT2D eigenvalue weighted by molar-refractivity contribution is 0.00578. The third kappa shape index (κ3) is 2.19. The van der Waals surface area contributed by atoms with Gasteiger partial charge in [-0.25, -0.2) is 4.39 Å². The van der Waals surface area contributed by atoms with Crippen molar-refractivity contribution in [2.75, 3.05) is 0 Å². The van der Waals surface area contributed by atoms with Crippen LogP contribution in [-0.4, -0.2) is 23.3 Å². The Morgan fingerprint density at radius 1 is 1.24 bits per heavy atom. The largest absolute Gasteiger partial charge is 0.516 e. The van der Waals surface area contributed by atoms with E-state index in [0.29, 0.717) is 5.59 Å². The Morgan fingerprint density at radius 3 is 2.24 bits per heavy atom. The second kappa shape index (κ2) is 3.94. The van der Waals surface area contributed by atoms with Crippen LogP contribution in [0.5, 0.6) is 0 Å². The maximum absolute atomic E-state index is 12.9. The molecule has 0 bridgehead atoms. The number of rotatable bonds is 1. The highest BCUT2D eigenvalue weighted by molar-refractivity contribution is 6.64. The van der Waals surface area contributed by atoms with E-state index in [4.69, 9.17) is 20.9 Å². The van der Waals surface area contributed by atoms with E-state index in [1.165, 1.54) is 6.07 Å². The van der Waals surface area contributed by atoms with Gasteiger partial charge in [0, 0.05) is 0 Å². The Kier molecular flexibility index (Phi) is 2.96. The van der Waals surface area contributed by atoms with Crippen molar-refractivity contribution >= 4 is 24.3 Å². The minimum atomic E-state index is -0.659. The average Bonchev–Trinajstić information content (AvgIpc) is 2.35. The Balaban J connectivity index is 2.32. The molecule has 1 saturated heterocycles. The van der Waals surface area contributed by atoms with E-state index in [2.05, 4.69) is 4.98 Å². The van der Waals surface area contributed by atoms with Crippen molar-refractivity contribution in [2.45, 2.75) is 38.9 Å². The molecular weight excluding hydrogens is 243 g/mol. The van der Waals surface area contributed by atoms with E-state index in [0.717, 1.165) is 6.20 Å². The van der Waals surface area contributed by atoms with Crippen molar-refractivity contribution in [1.29, 1.82) is 0 Å². The fourth-order valence-corrected chi connectivity index (χ4v) is 1.80. The molecule has 92 valence electrons. The van der Waals surface area contributed by atoms with E-state index >= 15 is 0 Å². The molecule has 0 spiro atoms. The number of aromatic nitrogens is 1. The summed E-state index contributed by atoms with van der Waals surface area (Å²) in [5.41, 5.74) is -0.513. The minimum absolute atomic E-state index is 0.212. The zero-order valence-corrected chi connectivity index (χ0v) is 11.0. The van der Waals surface area contributed by atoms with Gasteiger partial charge in [0.2, 0.25) is 0 Å². The van der Waals surface area contributed by atoms with Crippen molar-refractivity contribution in [3.05, 3.63) is 23.1 Å². The van der Waals surface area contributed by atoms with E-state index in [9.17, 15) is 4.39 Å². The first-order valence-electron chi connectivity index (χ1n) is 5.39. The Bertz CT molecular complexity index is 437. The van der Waals surface area contributed by atoms with Gasteiger partial charge in [-0.2, -0.15) is 0 Å². The number of pyridine rings is 1. The molecule has 1 aliphatic rings. The van der Waals surface area contributed by atoms with Gasteiger partial charge in [0.1, 0.15) is 5.82 Å². The molecule has 6 heteroatoms. The number of hydrogen-bond donors (Lipinski definition) is 0. The molecule has 1 fully saturated rings. The summed E-state index contributed by atoms with van der Waals surface area (Å²) in [6.07, 6.45) is 1.10. The van der Waals surface area contributed by atoms with Gasteiger partial charge in [-0.15, -0.1) is 0 Å². The van der Waals surface area contributed by atoms with Gasteiger partial charge in [-0.1, -0.05) is 11.6 Å². The molecule has 0 unspecified atom stereocenters. The molecule has 2 rings (SSSR count). The van der Waals surface area contributed by atoms with Crippen LogP contribution in [0.15, 0.2) is 12.3 Å². The summed E-state index contributed by atoms with van der Waals surface area (Å²) in [4.78, 5) is 3.93. The quantitative estimate of drug-likeness (QED) is 0.723. The molecular formula is C11H14BClFNO2. The van der Waals surface area contributed by atoms with Gasteiger partial charge in [0.05, 0.1) is 28.0 Å². The van der Waals surface area contributed by atoms with E-state index in [-0.39, 0.29) is 5.02 Å². The molecule has 1 aromatic rings. The minimum Gasteiger partial charge on any atom is -0.398 e. The fourth-order valence-electron chi connectivity index (χ4n) is 1.55. The first-order valence-corrected chi connectivity index (χ1v) is 5.77. The summed E-state index contributed by atoms with van der Waals surface area (Å²) in [6, 6.07) is 1.20. The molecule has 2 heterocycles. The molecule has 1 aliphatic heterocycles. The lowest BCUT2D eigenvalue weighted by Crippen LogP contribution is -2.41. The van der Waals surface area contributed by atoms with E-state index < -0.39 is 24.1 Å². The van der Waals surface area contributed by atoms with Crippen molar-refractivity contribution in [3.8, 4) is 0 Å². The average molecular weight is 258 g/mol. The van der Waals surface area contributed by atoms with Gasteiger partial charge in [-0.3, -0.25) is 4.98 Å². The summed E-state index contributed by atoms with van der Waals surface area (Å²) in [5.74, 6) is -0.477. The fraction of sp³-hybridized carbons (Fsp3) is 0.545. The van der Waals surface area contributed by atoms with Gasteiger partial charge in [-0.05, 0) is 33.8 Å². The third-order valence-corrected chi connectivity index (χ3v) is 3.62. The number of nitrogens with zero attached hydrogens (tertiary/aromatic N) is 1. The maximum atomic E-state index is 12.9. The molecule has 0 atom stereocenters. The predicted octanol–water partition coefficient (Wildman–Crippen LogP) is 2.17. The Hall–Kier alpha value is -0.645. The van der Waals surface area contributed by atoms with Crippen molar-refractivity contribution in [1.82, 2.24) is 4.98 Å². The molecule has 1 aromatic heterocycles. The van der Waals surface area contributed by atoms with Crippen molar-refractivity contribution in [2.24, 2.45) is 0 Å². The second-order valence-corrected chi connectivity index (χ2v) is 5.52. The molecule has 17 heavy (non-hydrogen) atoms. The van der Waals surface area contributed by atoms with Crippen LogP contribution in [0.2, 0.25) is 5.02 Å². The van der Waals surface area contributed by atoms with Crippen LogP contribution in [0.3, 0.4) is 0 Å². The first kappa shape index (κ1) is 12.8. The molecule has 0 aliphatic carbocycles. The summed E-state index contributed by atoms with van der Waals surface area (Å²) >= 11 is 5.93. The Morgan fingerprint density at radius 2 is 1.76 bits per heavy atom. The molecule has 0 N–H and O–H groups in total. The highest BCUT2D eigenvalue weighted by atomic mass is 35.5. The highest BCUT2D eigenvalue weighted by Gasteiger charge is 2.52. The van der Waals surface area contributed by atoms with Crippen LogP contribution >= 0.6 is 11.6 Å².